The topological polar surface area (TPSA) is 80.1 Å². The van der Waals surface area contributed by atoms with Gasteiger partial charge in [-0.2, -0.15) is 0 Å². The summed E-state index contributed by atoms with van der Waals surface area (Å²) in [5, 5.41) is 3.00. The number of hydrogen-bond acceptors (Lipinski definition) is 5. The molecule has 0 aliphatic carbocycles. The van der Waals surface area contributed by atoms with Crippen molar-refractivity contribution in [2.75, 3.05) is 18.0 Å². The van der Waals surface area contributed by atoms with Crippen molar-refractivity contribution in [3.8, 4) is 0 Å². The van der Waals surface area contributed by atoms with Gasteiger partial charge in [0, 0.05) is 43.8 Å². The summed E-state index contributed by atoms with van der Waals surface area (Å²) < 4.78 is 1.41. The average Bonchev–Trinajstić information content (AvgIpc) is 2.58. The highest BCUT2D eigenvalue weighted by Gasteiger charge is 2.22. The third-order valence-corrected chi connectivity index (χ3v) is 3.91. The third-order valence-electron chi connectivity index (χ3n) is 3.91. The number of anilines is 1. The van der Waals surface area contributed by atoms with Crippen LogP contribution in [0.4, 0.5) is 5.95 Å². The SMILES string of the molecule is O=C(Cn1ccccc1=O)NC1CCN(c2ncccn2)CC1. The molecule has 1 amide bonds. The third kappa shape index (κ3) is 3.94. The molecule has 2 aromatic heterocycles. The summed E-state index contributed by atoms with van der Waals surface area (Å²) in [4.78, 5) is 34.3. The predicted octanol–water partition coefficient (Wildman–Crippen LogP) is 0.423. The molecule has 0 bridgehead atoms. The molecule has 3 rings (SSSR count). The van der Waals surface area contributed by atoms with E-state index in [2.05, 4.69) is 20.2 Å². The lowest BCUT2D eigenvalue weighted by Crippen LogP contribution is -2.46. The van der Waals surface area contributed by atoms with E-state index in [9.17, 15) is 9.59 Å². The van der Waals surface area contributed by atoms with Crippen LogP contribution in [0, 0.1) is 0 Å². The van der Waals surface area contributed by atoms with Gasteiger partial charge in [-0.15, -0.1) is 0 Å². The summed E-state index contributed by atoms with van der Waals surface area (Å²) in [5.74, 6) is 0.598. The van der Waals surface area contributed by atoms with Crippen molar-refractivity contribution in [1.82, 2.24) is 19.9 Å². The second kappa shape index (κ2) is 7.04. The van der Waals surface area contributed by atoms with Gasteiger partial charge in [-0.3, -0.25) is 9.59 Å². The molecule has 1 saturated heterocycles. The first kappa shape index (κ1) is 15.2. The smallest absolute Gasteiger partial charge is 0.250 e. The molecule has 0 unspecified atom stereocenters. The number of hydrogen-bond donors (Lipinski definition) is 1. The second-order valence-corrected chi connectivity index (χ2v) is 5.54. The summed E-state index contributed by atoms with van der Waals surface area (Å²) >= 11 is 0. The molecule has 1 N–H and O–H groups in total. The van der Waals surface area contributed by atoms with Crippen LogP contribution in [0.25, 0.3) is 0 Å². The highest BCUT2D eigenvalue weighted by Crippen LogP contribution is 2.15. The first-order valence-corrected chi connectivity index (χ1v) is 7.69. The predicted molar refractivity (Wildman–Crippen MR) is 86.1 cm³/mol. The molecule has 0 spiro atoms. The minimum atomic E-state index is -0.168. The Bertz CT molecular complexity index is 708. The van der Waals surface area contributed by atoms with Crippen LogP contribution in [0.5, 0.6) is 0 Å². The molecule has 2 aromatic rings. The van der Waals surface area contributed by atoms with E-state index in [1.54, 1.807) is 36.8 Å². The number of pyridine rings is 1. The molecule has 0 saturated carbocycles. The minimum absolute atomic E-state index is 0.0572. The Morgan fingerprint density at radius 1 is 1.17 bits per heavy atom. The van der Waals surface area contributed by atoms with Crippen molar-refractivity contribution in [2.24, 2.45) is 0 Å². The number of aromatic nitrogens is 3. The van der Waals surface area contributed by atoms with Crippen LogP contribution in [0.1, 0.15) is 12.8 Å². The highest BCUT2D eigenvalue weighted by atomic mass is 16.2. The summed E-state index contributed by atoms with van der Waals surface area (Å²) in [5.41, 5.74) is -0.168. The summed E-state index contributed by atoms with van der Waals surface area (Å²) in [6.07, 6.45) is 6.76. The monoisotopic (exact) mass is 313 g/mol. The van der Waals surface area contributed by atoms with E-state index in [1.165, 1.54) is 10.6 Å². The molecule has 23 heavy (non-hydrogen) atoms. The number of nitrogens with zero attached hydrogens (tertiary/aromatic N) is 4. The van der Waals surface area contributed by atoms with Gasteiger partial charge in [-0.05, 0) is 25.0 Å². The van der Waals surface area contributed by atoms with Gasteiger partial charge < -0.3 is 14.8 Å². The lowest BCUT2D eigenvalue weighted by atomic mass is 10.1. The van der Waals surface area contributed by atoms with Crippen molar-refractivity contribution >= 4 is 11.9 Å². The zero-order valence-corrected chi connectivity index (χ0v) is 12.8. The molecule has 7 heteroatoms. The molecule has 120 valence electrons. The number of carbonyl (C=O) groups excluding carboxylic acids is 1. The molecule has 1 fully saturated rings. The van der Waals surface area contributed by atoms with Gasteiger partial charge in [-0.1, -0.05) is 6.07 Å². The van der Waals surface area contributed by atoms with Gasteiger partial charge >= 0.3 is 0 Å². The van der Waals surface area contributed by atoms with Gasteiger partial charge in [0.05, 0.1) is 0 Å². The van der Waals surface area contributed by atoms with Crippen LogP contribution in [0.2, 0.25) is 0 Å². The Morgan fingerprint density at radius 3 is 2.61 bits per heavy atom. The van der Waals surface area contributed by atoms with E-state index in [0.29, 0.717) is 0 Å². The fourth-order valence-corrected chi connectivity index (χ4v) is 2.70. The Hall–Kier alpha value is -2.70. The summed E-state index contributed by atoms with van der Waals surface area (Å²) in [6.45, 7) is 1.67. The molecular weight excluding hydrogens is 294 g/mol. The normalized spacial score (nSPS) is 15.4. The van der Waals surface area contributed by atoms with E-state index in [1.807, 2.05) is 0 Å². The molecule has 1 aliphatic rings. The molecule has 0 radical (unpaired) electrons. The van der Waals surface area contributed by atoms with Crippen LogP contribution in [-0.4, -0.2) is 39.6 Å². The number of amides is 1. The van der Waals surface area contributed by atoms with Crippen LogP contribution in [-0.2, 0) is 11.3 Å². The molecule has 0 atom stereocenters. The van der Waals surface area contributed by atoms with Gasteiger partial charge in [0.15, 0.2) is 0 Å². The maximum atomic E-state index is 12.1. The first-order chi connectivity index (χ1) is 11.2. The van der Waals surface area contributed by atoms with Crippen molar-refractivity contribution in [3.63, 3.8) is 0 Å². The van der Waals surface area contributed by atoms with E-state index < -0.39 is 0 Å². The minimum Gasteiger partial charge on any atom is -0.352 e. The van der Waals surface area contributed by atoms with Crippen LogP contribution < -0.4 is 15.8 Å². The van der Waals surface area contributed by atoms with E-state index >= 15 is 0 Å². The number of rotatable bonds is 4. The van der Waals surface area contributed by atoms with Gasteiger partial charge in [0.1, 0.15) is 6.54 Å². The largest absolute Gasteiger partial charge is 0.352 e. The van der Waals surface area contributed by atoms with Crippen LogP contribution in [0.3, 0.4) is 0 Å². The molecular formula is C16H19N5O2. The van der Waals surface area contributed by atoms with Crippen molar-refractivity contribution in [2.45, 2.75) is 25.4 Å². The van der Waals surface area contributed by atoms with E-state index in [-0.39, 0.29) is 24.1 Å². The summed E-state index contributed by atoms with van der Waals surface area (Å²) in [7, 11) is 0. The van der Waals surface area contributed by atoms with E-state index in [0.717, 1.165) is 31.9 Å². The first-order valence-electron chi connectivity index (χ1n) is 7.69. The van der Waals surface area contributed by atoms with Crippen molar-refractivity contribution < 1.29 is 4.79 Å². The zero-order valence-electron chi connectivity index (χ0n) is 12.8. The Labute approximate surface area is 134 Å². The van der Waals surface area contributed by atoms with Crippen LogP contribution >= 0.6 is 0 Å². The summed E-state index contributed by atoms with van der Waals surface area (Å²) in [6, 6.07) is 6.78. The highest BCUT2D eigenvalue weighted by molar-refractivity contribution is 5.76. The number of carbonyl (C=O) groups is 1. The standard InChI is InChI=1S/C16H19N5O2/c22-14(12-21-9-2-1-4-15(21)23)19-13-5-10-20(11-6-13)16-17-7-3-8-18-16/h1-4,7-9,13H,5-6,10-12H2,(H,19,22). The average molecular weight is 313 g/mol. The number of piperidine rings is 1. The van der Waals surface area contributed by atoms with E-state index in [4.69, 9.17) is 0 Å². The van der Waals surface area contributed by atoms with Crippen LogP contribution in [0.15, 0.2) is 47.7 Å². The molecule has 1 aliphatic heterocycles. The Kier molecular flexibility index (Phi) is 4.65. The van der Waals surface area contributed by atoms with Crippen molar-refractivity contribution in [1.29, 1.82) is 0 Å². The molecule has 7 nitrogen and oxygen atoms in total. The zero-order chi connectivity index (χ0) is 16.1. The van der Waals surface area contributed by atoms with Gasteiger partial charge in [0.25, 0.3) is 5.56 Å². The Balaban J connectivity index is 1.50. The maximum absolute atomic E-state index is 12.1. The lowest BCUT2D eigenvalue weighted by Gasteiger charge is -2.32. The van der Waals surface area contributed by atoms with Gasteiger partial charge in [-0.25, -0.2) is 9.97 Å². The van der Waals surface area contributed by atoms with Gasteiger partial charge in [0.2, 0.25) is 11.9 Å². The fraction of sp³-hybridized carbons (Fsp3) is 0.375. The number of nitrogens with one attached hydrogen (secondary N) is 1. The maximum Gasteiger partial charge on any atom is 0.250 e. The molecule has 0 aromatic carbocycles. The molecule has 3 heterocycles. The quantitative estimate of drug-likeness (QED) is 0.885. The second-order valence-electron chi connectivity index (χ2n) is 5.54. The van der Waals surface area contributed by atoms with Crippen molar-refractivity contribution in [3.05, 3.63) is 53.2 Å². The Morgan fingerprint density at radius 2 is 1.91 bits per heavy atom. The fourth-order valence-electron chi connectivity index (χ4n) is 2.70. The lowest BCUT2D eigenvalue weighted by molar-refractivity contribution is -0.122.